The van der Waals surface area contributed by atoms with Gasteiger partial charge in [-0.3, -0.25) is 4.57 Å². The second kappa shape index (κ2) is 11.5. The molecule has 2 aromatic carbocycles. The number of benzene rings is 2. The average molecular weight is 605 g/mol. The fourth-order valence-corrected chi connectivity index (χ4v) is 6.66. The van der Waals surface area contributed by atoms with Crippen LogP contribution in [0, 0.1) is 0 Å². The summed E-state index contributed by atoms with van der Waals surface area (Å²) >= 11 is 3.43. The number of nitrogens with one attached hydrogen (secondary N) is 1. The van der Waals surface area contributed by atoms with E-state index in [-0.39, 0.29) is 18.8 Å². The van der Waals surface area contributed by atoms with Gasteiger partial charge in [0.05, 0.1) is 28.9 Å². The number of halogens is 3. The van der Waals surface area contributed by atoms with Gasteiger partial charge < -0.3 is 13.6 Å². The summed E-state index contributed by atoms with van der Waals surface area (Å²) < 4.78 is 73.5. The molecule has 2 unspecified atom stereocenters. The van der Waals surface area contributed by atoms with E-state index < -0.39 is 35.0 Å². The van der Waals surface area contributed by atoms with Gasteiger partial charge in [-0.25, -0.2) is 8.93 Å². The van der Waals surface area contributed by atoms with E-state index in [1.807, 2.05) is 47.0 Å². The Hall–Kier alpha value is -1.42. The quantitative estimate of drug-likeness (QED) is 0.231. The summed E-state index contributed by atoms with van der Waals surface area (Å²) in [6.45, 7) is 7.92. The Morgan fingerprint density at radius 3 is 2.25 bits per heavy atom. The lowest BCUT2D eigenvalue weighted by Crippen LogP contribution is -2.43. The predicted octanol–water partition coefficient (Wildman–Crippen LogP) is 7.40. The molecule has 0 bridgehead atoms. The van der Waals surface area contributed by atoms with Crippen molar-refractivity contribution in [1.29, 1.82) is 0 Å². The molecule has 0 saturated carbocycles. The molecular formula is C25H32BrF2N2O4PS. The Morgan fingerprint density at radius 1 is 1.08 bits per heavy atom. The third kappa shape index (κ3) is 6.17. The highest BCUT2D eigenvalue weighted by Crippen LogP contribution is 2.66. The fraction of sp³-hybridized carbons (Fsp3) is 0.440. The molecule has 3 aromatic rings. The third-order valence-electron chi connectivity index (χ3n) is 5.47. The molecule has 1 aromatic heterocycles. The SMILES string of the molecule is CCOP(=O)(OCC)C(F)(F)C(NS(=O)C(C)(C)C)c1cn(Cc2ccccc2)c2ccc(Br)cc12. The number of aromatic nitrogens is 1. The van der Waals surface area contributed by atoms with Gasteiger partial charge in [0.2, 0.25) is 0 Å². The lowest BCUT2D eigenvalue weighted by atomic mass is 10.1. The van der Waals surface area contributed by atoms with Crippen LogP contribution in [0.2, 0.25) is 0 Å². The number of hydrogen-bond donors (Lipinski definition) is 1. The smallest absolute Gasteiger partial charge is 0.343 e. The monoisotopic (exact) mass is 604 g/mol. The predicted molar refractivity (Wildman–Crippen MR) is 145 cm³/mol. The largest absolute Gasteiger partial charge is 0.401 e. The van der Waals surface area contributed by atoms with Gasteiger partial charge in [0.15, 0.2) is 0 Å². The van der Waals surface area contributed by atoms with Crippen LogP contribution in [-0.2, 0) is 31.1 Å². The zero-order valence-electron chi connectivity index (χ0n) is 21.0. The Balaban J connectivity index is 2.25. The Labute approximate surface area is 222 Å². The first kappa shape index (κ1) is 29.1. The first-order chi connectivity index (χ1) is 16.8. The molecule has 36 heavy (non-hydrogen) atoms. The van der Waals surface area contributed by atoms with Crippen molar-refractivity contribution in [2.75, 3.05) is 13.2 Å². The third-order valence-corrected chi connectivity index (χ3v) is 9.71. The minimum absolute atomic E-state index is 0.143. The van der Waals surface area contributed by atoms with Crippen LogP contribution in [0.4, 0.5) is 8.78 Å². The van der Waals surface area contributed by atoms with Crippen LogP contribution >= 0.6 is 23.5 Å². The first-order valence-corrected chi connectivity index (χ1v) is 15.1. The molecule has 0 aliphatic rings. The van der Waals surface area contributed by atoms with Gasteiger partial charge in [0.25, 0.3) is 0 Å². The molecule has 1 heterocycles. The van der Waals surface area contributed by atoms with E-state index in [1.165, 1.54) is 13.8 Å². The minimum Gasteiger partial charge on any atom is -0.343 e. The number of alkyl halides is 2. The van der Waals surface area contributed by atoms with E-state index in [4.69, 9.17) is 9.05 Å². The normalized spacial score (nSPS) is 14.8. The van der Waals surface area contributed by atoms with Crippen LogP contribution in [0.5, 0.6) is 0 Å². The molecule has 3 rings (SSSR count). The summed E-state index contributed by atoms with van der Waals surface area (Å²) in [7, 11) is -6.87. The Kier molecular flexibility index (Phi) is 9.34. The van der Waals surface area contributed by atoms with Crippen molar-refractivity contribution in [3.63, 3.8) is 0 Å². The zero-order chi connectivity index (χ0) is 26.7. The highest BCUT2D eigenvalue weighted by atomic mass is 79.9. The van der Waals surface area contributed by atoms with E-state index in [1.54, 1.807) is 33.0 Å². The Morgan fingerprint density at radius 2 is 1.69 bits per heavy atom. The van der Waals surface area contributed by atoms with Crippen molar-refractivity contribution in [3.8, 4) is 0 Å². The molecule has 0 fully saturated rings. The molecule has 11 heteroatoms. The van der Waals surface area contributed by atoms with E-state index in [9.17, 15) is 8.77 Å². The van der Waals surface area contributed by atoms with Crippen molar-refractivity contribution in [3.05, 3.63) is 70.3 Å². The molecule has 0 radical (unpaired) electrons. The highest BCUT2D eigenvalue weighted by Gasteiger charge is 2.60. The molecule has 1 N–H and O–H groups in total. The molecule has 2 atom stereocenters. The average Bonchev–Trinajstić information content (AvgIpc) is 3.14. The molecule has 0 aliphatic carbocycles. The van der Waals surface area contributed by atoms with Crippen LogP contribution in [0.1, 0.15) is 51.8 Å². The van der Waals surface area contributed by atoms with Crippen LogP contribution < -0.4 is 4.72 Å². The van der Waals surface area contributed by atoms with E-state index in [2.05, 4.69) is 20.7 Å². The summed E-state index contributed by atoms with van der Waals surface area (Å²) in [5.74, 6) is 0. The van der Waals surface area contributed by atoms with Crippen molar-refractivity contribution in [2.45, 2.75) is 57.6 Å². The van der Waals surface area contributed by atoms with Gasteiger partial charge in [-0.2, -0.15) is 8.78 Å². The molecule has 0 aliphatic heterocycles. The lowest BCUT2D eigenvalue weighted by Gasteiger charge is -2.33. The minimum atomic E-state index is -4.95. The molecule has 0 saturated heterocycles. The van der Waals surface area contributed by atoms with Crippen LogP contribution in [0.15, 0.2) is 59.2 Å². The summed E-state index contributed by atoms with van der Waals surface area (Å²) in [6, 6.07) is 13.1. The number of hydrogen-bond acceptors (Lipinski definition) is 4. The summed E-state index contributed by atoms with van der Waals surface area (Å²) in [4.78, 5) is 0. The molecule has 6 nitrogen and oxygen atoms in total. The number of rotatable bonds is 11. The second-order valence-electron chi connectivity index (χ2n) is 9.21. The summed E-state index contributed by atoms with van der Waals surface area (Å²) in [6.07, 6.45) is 1.60. The zero-order valence-corrected chi connectivity index (χ0v) is 24.3. The Bertz CT molecular complexity index is 1250. The van der Waals surface area contributed by atoms with Crippen LogP contribution in [0.3, 0.4) is 0 Å². The molecule has 0 amide bonds. The second-order valence-corrected chi connectivity index (χ2v) is 14.2. The maximum Gasteiger partial charge on any atom is 0.401 e. The van der Waals surface area contributed by atoms with E-state index in [0.29, 0.717) is 21.9 Å². The topological polar surface area (TPSA) is 69.6 Å². The summed E-state index contributed by atoms with van der Waals surface area (Å²) in [5.41, 5.74) is -2.21. The summed E-state index contributed by atoms with van der Waals surface area (Å²) in [5, 5.41) is 0.503. The maximum absolute atomic E-state index is 16.3. The van der Waals surface area contributed by atoms with Gasteiger partial charge >= 0.3 is 13.3 Å². The van der Waals surface area contributed by atoms with E-state index >= 15 is 8.78 Å². The molecule has 198 valence electrons. The number of nitrogens with zero attached hydrogens (tertiary/aromatic N) is 1. The molecular weight excluding hydrogens is 573 g/mol. The lowest BCUT2D eigenvalue weighted by molar-refractivity contribution is 0.0119. The van der Waals surface area contributed by atoms with Gasteiger partial charge in [0.1, 0.15) is 6.04 Å². The van der Waals surface area contributed by atoms with Crippen LogP contribution in [0.25, 0.3) is 10.9 Å². The van der Waals surface area contributed by atoms with Crippen molar-refractivity contribution < 1.29 is 26.6 Å². The standard InChI is InChI=1S/C25H32BrF2N2O4PS/c1-6-33-35(31,34-7-2)25(27,28)23(29-36(32)24(3,4)5)21-17-30(16-18-11-9-8-10-12-18)22-14-13-19(26)15-20(21)22/h8-15,17,23,29H,6-7,16H2,1-5H3. The van der Waals surface area contributed by atoms with Crippen molar-refractivity contribution in [1.82, 2.24) is 9.29 Å². The van der Waals surface area contributed by atoms with E-state index in [0.717, 1.165) is 5.56 Å². The van der Waals surface area contributed by atoms with Gasteiger partial charge in [-0.15, -0.1) is 0 Å². The maximum atomic E-state index is 16.3. The first-order valence-electron chi connectivity index (χ1n) is 11.6. The highest BCUT2D eigenvalue weighted by molar-refractivity contribution is 9.10. The van der Waals surface area contributed by atoms with Gasteiger partial charge in [0, 0.05) is 33.7 Å². The molecule has 0 spiro atoms. The van der Waals surface area contributed by atoms with Gasteiger partial charge in [-0.1, -0.05) is 46.3 Å². The number of fused-ring (bicyclic) bond motifs is 1. The van der Waals surface area contributed by atoms with Gasteiger partial charge in [-0.05, 0) is 58.4 Å². The fourth-order valence-electron chi connectivity index (χ4n) is 3.75. The van der Waals surface area contributed by atoms with Crippen molar-refractivity contribution >= 4 is 45.4 Å². The van der Waals surface area contributed by atoms with Crippen LogP contribution in [-0.4, -0.2) is 32.4 Å². The van der Waals surface area contributed by atoms with Crippen molar-refractivity contribution in [2.24, 2.45) is 0 Å².